The second-order valence-corrected chi connectivity index (χ2v) is 8.77. The first-order valence-electron chi connectivity index (χ1n) is 10.3. The number of carbonyl (C=O) groups is 2. The minimum absolute atomic E-state index is 0.157. The minimum Gasteiger partial charge on any atom is -0.482 e. The molecule has 1 saturated heterocycles. The van der Waals surface area contributed by atoms with Crippen molar-refractivity contribution in [3.63, 3.8) is 0 Å². The maximum absolute atomic E-state index is 12.2. The van der Waals surface area contributed by atoms with Crippen LogP contribution in [0.5, 0.6) is 5.75 Å². The van der Waals surface area contributed by atoms with E-state index in [4.69, 9.17) is 27.9 Å². The molecule has 8 heteroatoms. The molecule has 1 heterocycles. The molecule has 1 N–H and O–H groups in total. The van der Waals surface area contributed by atoms with E-state index in [1.807, 2.05) is 29.2 Å². The van der Waals surface area contributed by atoms with Crippen LogP contribution in [0.15, 0.2) is 42.5 Å². The van der Waals surface area contributed by atoms with Gasteiger partial charge in [-0.25, -0.2) is 0 Å². The molecule has 0 unspecified atom stereocenters. The van der Waals surface area contributed by atoms with Crippen LogP contribution in [0, 0.1) is 5.92 Å². The fraction of sp³-hybridized carbons (Fsp3) is 0.391. The first-order chi connectivity index (χ1) is 14.8. The van der Waals surface area contributed by atoms with Crippen LogP contribution in [0.2, 0.25) is 10.0 Å². The zero-order valence-corrected chi connectivity index (χ0v) is 19.2. The van der Waals surface area contributed by atoms with Gasteiger partial charge >= 0.3 is 0 Å². The van der Waals surface area contributed by atoms with Gasteiger partial charge in [0.15, 0.2) is 6.61 Å². The predicted octanol–water partition coefficient (Wildman–Crippen LogP) is 4.71. The van der Waals surface area contributed by atoms with Crippen LogP contribution in [-0.4, -0.2) is 49.5 Å². The van der Waals surface area contributed by atoms with Crippen LogP contribution in [0.4, 0.5) is 11.4 Å². The maximum Gasteiger partial charge on any atom is 0.262 e. The molecule has 2 aromatic rings. The Labute approximate surface area is 193 Å². The van der Waals surface area contributed by atoms with Gasteiger partial charge in [-0.3, -0.25) is 9.59 Å². The number of carbonyl (C=O) groups excluding carboxylic acids is 2. The molecular weight excluding hydrogens is 437 g/mol. The third kappa shape index (κ3) is 6.77. The fourth-order valence-electron chi connectivity index (χ4n) is 3.38. The quantitative estimate of drug-likeness (QED) is 0.645. The number of rotatable bonds is 7. The highest BCUT2D eigenvalue weighted by Gasteiger charge is 2.21. The number of benzene rings is 2. The molecule has 0 saturated carbocycles. The lowest BCUT2D eigenvalue weighted by molar-refractivity contribution is -0.132. The second-order valence-electron chi connectivity index (χ2n) is 7.92. The van der Waals surface area contributed by atoms with Crippen molar-refractivity contribution < 1.29 is 14.3 Å². The summed E-state index contributed by atoms with van der Waals surface area (Å²) in [4.78, 5) is 28.6. The molecule has 0 bridgehead atoms. The van der Waals surface area contributed by atoms with Crippen LogP contribution in [0.1, 0.15) is 20.3 Å². The smallest absolute Gasteiger partial charge is 0.262 e. The number of nitrogens with one attached hydrogen (secondary N) is 1. The maximum atomic E-state index is 12.2. The standard InChI is InChI=1S/C23H27Cl2N3O3/c1-16(2)13-23(30)28-11-9-27(10-12-28)19-6-4-18(5-7-19)26-22(29)15-31-21-8-3-17(24)14-20(21)25/h3-8,14,16H,9-13,15H2,1-2H3,(H,26,29). The first-order valence-corrected chi connectivity index (χ1v) is 11.1. The molecular formula is C23H27Cl2N3O3. The Hall–Kier alpha value is -2.44. The zero-order chi connectivity index (χ0) is 22.4. The summed E-state index contributed by atoms with van der Waals surface area (Å²) in [6.45, 7) is 7.02. The summed E-state index contributed by atoms with van der Waals surface area (Å²) in [6, 6.07) is 12.5. The van der Waals surface area contributed by atoms with E-state index < -0.39 is 0 Å². The van der Waals surface area contributed by atoms with Gasteiger partial charge in [-0.15, -0.1) is 0 Å². The fourth-order valence-corrected chi connectivity index (χ4v) is 3.84. The summed E-state index contributed by atoms with van der Waals surface area (Å²) in [7, 11) is 0. The number of anilines is 2. The third-order valence-corrected chi connectivity index (χ3v) is 5.51. The third-order valence-electron chi connectivity index (χ3n) is 4.98. The van der Waals surface area contributed by atoms with Crippen LogP contribution >= 0.6 is 23.2 Å². The van der Waals surface area contributed by atoms with Crippen molar-refractivity contribution in [2.45, 2.75) is 20.3 Å². The van der Waals surface area contributed by atoms with Crippen LogP contribution in [0.3, 0.4) is 0 Å². The number of ether oxygens (including phenoxy) is 1. The van der Waals surface area contributed by atoms with E-state index in [0.717, 1.165) is 31.9 Å². The van der Waals surface area contributed by atoms with Gasteiger partial charge in [0.05, 0.1) is 5.02 Å². The highest BCUT2D eigenvalue weighted by molar-refractivity contribution is 6.35. The van der Waals surface area contributed by atoms with Crippen molar-refractivity contribution >= 4 is 46.4 Å². The molecule has 1 aliphatic rings. The second kappa shape index (κ2) is 10.7. The Balaban J connectivity index is 1.47. The summed E-state index contributed by atoms with van der Waals surface area (Å²) < 4.78 is 5.45. The Bertz CT molecular complexity index is 911. The summed E-state index contributed by atoms with van der Waals surface area (Å²) >= 11 is 11.9. The lowest BCUT2D eigenvalue weighted by Crippen LogP contribution is -2.49. The van der Waals surface area contributed by atoms with Gasteiger partial charge in [0, 0.05) is 49.0 Å². The molecule has 166 valence electrons. The van der Waals surface area contributed by atoms with Gasteiger partial charge in [0.1, 0.15) is 5.75 Å². The van der Waals surface area contributed by atoms with E-state index in [2.05, 4.69) is 24.1 Å². The number of hydrogen-bond acceptors (Lipinski definition) is 4. The van der Waals surface area contributed by atoms with E-state index in [1.54, 1.807) is 18.2 Å². The molecule has 0 spiro atoms. The summed E-state index contributed by atoms with van der Waals surface area (Å²) in [5.74, 6) is 0.732. The number of amides is 2. The number of halogens is 2. The van der Waals surface area contributed by atoms with Crippen molar-refractivity contribution in [2.24, 2.45) is 5.92 Å². The van der Waals surface area contributed by atoms with Crippen molar-refractivity contribution in [3.05, 3.63) is 52.5 Å². The van der Waals surface area contributed by atoms with Crippen molar-refractivity contribution in [1.29, 1.82) is 0 Å². The lowest BCUT2D eigenvalue weighted by Gasteiger charge is -2.36. The zero-order valence-electron chi connectivity index (χ0n) is 17.7. The molecule has 6 nitrogen and oxygen atoms in total. The average Bonchev–Trinajstić information content (AvgIpc) is 2.73. The van der Waals surface area contributed by atoms with Crippen molar-refractivity contribution in [1.82, 2.24) is 4.90 Å². The number of nitrogens with zero attached hydrogens (tertiary/aromatic N) is 2. The van der Waals surface area contributed by atoms with Crippen LogP contribution in [0.25, 0.3) is 0 Å². The summed E-state index contributed by atoms with van der Waals surface area (Å²) in [5.41, 5.74) is 1.75. The predicted molar refractivity (Wildman–Crippen MR) is 125 cm³/mol. The number of hydrogen-bond donors (Lipinski definition) is 1. The molecule has 0 aromatic heterocycles. The molecule has 2 aromatic carbocycles. The Morgan fingerprint density at radius 3 is 2.32 bits per heavy atom. The Kier molecular flexibility index (Phi) is 8.04. The molecule has 1 fully saturated rings. The molecule has 0 atom stereocenters. The van der Waals surface area contributed by atoms with E-state index in [1.165, 1.54) is 0 Å². The van der Waals surface area contributed by atoms with Crippen LogP contribution < -0.4 is 15.0 Å². The number of piperazine rings is 1. The summed E-state index contributed by atoms with van der Waals surface area (Å²) in [5, 5.41) is 3.67. The van der Waals surface area contributed by atoms with Gasteiger partial charge in [-0.1, -0.05) is 37.0 Å². The Morgan fingerprint density at radius 1 is 1.03 bits per heavy atom. The lowest BCUT2D eigenvalue weighted by atomic mass is 10.1. The Morgan fingerprint density at radius 2 is 1.71 bits per heavy atom. The minimum atomic E-state index is -0.281. The molecule has 31 heavy (non-hydrogen) atoms. The van der Waals surface area contributed by atoms with Crippen molar-refractivity contribution in [3.8, 4) is 5.75 Å². The van der Waals surface area contributed by atoms with Gasteiger partial charge in [-0.2, -0.15) is 0 Å². The highest BCUT2D eigenvalue weighted by atomic mass is 35.5. The van der Waals surface area contributed by atoms with Gasteiger partial charge in [-0.05, 0) is 48.4 Å². The summed E-state index contributed by atoms with van der Waals surface area (Å²) in [6.07, 6.45) is 0.600. The van der Waals surface area contributed by atoms with E-state index >= 15 is 0 Å². The van der Waals surface area contributed by atoms with E-state index in [9.17, 15) is 9.59 Å². The molecule has 1 aliphatic heterocycles. The van der Waals surface area contributed by atoms with E-state index in [-0.39, 0.29) is 18.4 Å². The monoisotopic (exact) mass is 463 g/mol. The van der Waals surface area contributed by atoms with Gasteiger partial charge in [0.2, 0.25) is 5.91 Å². The molecule has 3 rings (SSSR count). The SMILES string of the molecule is CC(C)CC(=O)N1CCN(c2ccc(NC(=O)COc3ccc(Cl)cc3Cl)cc2)CC1. The molecule has 0 radical (unpaired) electrons. The van der Waals surface area contributed by atoms with Crippen molar-refractivity contribution in [2.75, 3.05) is 43.0 Å². The molecule has 2 amide bonds. The average molecular weight is 464 g/mol. The normalized spacial score (nSPS) is 14.0. The van der Waals surface area contributed by atoms with Gasteiger partial charge < -0.3 is 19.9 Å². The van der Waals surface area contributed by atoms with E-state index in [0.29, 0.717) is 33.8 Å². The highest BCUT2D eigenvalue weighted by Crippen LogP contribution is 2.27. The topological polar surface area (TPSA) is 61.9 Å². The largest absolute Gasteiger partial charge is 0.482 e. The first kappa shape index (κ1) is 23.2. The van der Waals surface area contributed by atoms with Gasteiger partial charge in [0.25, 0.3) is 5.91 Å². The van der Waals surface area contributed by atoms with Crippen LogP contribution in [-0.2, 0) is 9.59 Å². The molecule has 0 aliphatic carbocycles.